The summed E-state index contributed by atoms with van der Waals surface area (Å²) in [5, 5.41) is 13.8. The third-order valence-corrected chi connectivity index (χ3v) is 4.37. The van der Waals surface area contributed by atoms with Crippen molar-refractivity contribution in [2.45, 2.75) is 5.22 Å². The van der Waals surface area contributed by atoms with E-state index in [4.69, 9.17) is 13.9 Å². The predicted octanol–water partition coefficient (Wildman–Crippen LogP) is 3.20. The van der Waals surface area contributed by atoms with Gasteiger partial charge in [-0.2, -0.15) is 0 Å². The summed E-state index contributed by atoms with van der Waals surface area (Å²) in [4.78, 5) is 26.5. The number of ether oxygens (including phenoxy) is 2. The molecule has 0 unspecified atom stereocenters. The lowest BCUT2D eigenvalue weighted by Gasteiger charge is -2.05. The van der Waals surface area contributed by atoms with Gasteiger partial charge in [0.1, 0.15) is 5.52 Å². The van der Waals surface area contributed by atoms with Gasteiger partial charge in [-0.3, -0.25) is 14.9 Å². The number of nitro groups is 1. The molecule has 132 valence electrons. The molecule has 4 rings (SSSR count). The van der Waals surface area contributed by atoms with Gasteiger partial charge in [-0.1, -0.05) is 11.8 Å². The second-order valence-electron chi connectivity index (χ2n) is 5.29. The van der Waals surface area contributed by atoms with Crippen LogP contribution < -0.4 is 14.8 Å². The number of nitro benzene ring substituents is 1. The van der Waals surface area contributed by atoms with E-state index < -0.39 is 4.92 Å². The molecular weight excluding hydrogens is 362 g/mol. The lowest BCUT2D eigenvalue weighted by Crippen LogP contribution is -2.13. The van der Waals surface area contributed by atoms with Crippen LogP contribution in [-0.2, 0) is 4.79 Å². The molecule has 10 heteroatoms. The third-order valence-electron chi connectivity index (χ3n) is 3.55. The average molecular weight is 373 g/mol. The molecule has 0 aliphatic carbocycles. The highest BCUT2D eigenvalue weighted by Crippen LogP contribution is 2.34. The van der Waals surface area contributed by atoms with Gasteiger partial charge in [-0.15, -0.1) is 0 Å². The fraction of sp³-hybridized carbons (Fsp3) is 0.125. The first-order valence-corrected chi connectivity index (χ1v) is 8.44. The van der Waals surface area contributed by atoms with Gasteiger partial charge in [0.2, 0.25) is 12.7 Å². The maximum absolute atomic E-state index is 12.1. The van der Waals surface area contributed by atoms with Crippen LogP contribution in [0.3, 0.4) is 0 Å². The molecule has 1 amide bonds. The molecule has 1 aromatic heterocycles. The number of amides is 1. The van der Waals surface area contributed by atoms with Crippen molar-refractivity contribution < 1.29 is 23.6 Å². The molecule has 2 aromatic carbocycles. The standard InChI is InChI=1S/C16H11N3O6S/c20-15(17-9-1-3-13-14(5-9)24-8-23-13)7-26-16-18-11-6-10(19(21)22)2-4-12(11)25-16/h1-6H,7-8H2,(H,17,20). The summed E-state index contributed by atoms with van der Waals surface area (Å²) >= 11 is 1.10. The van der Waals surface area contributed by atoms with E-state index >= 15 is 0 Å². The average Bonchev–Trinajstić information content (AvgIpc) is 3.24. The Morgan fingerprint density at radius 1 is 1.23 bits per heavy atom. The van der Waals surface area contributed by atoms with Crippen LogP contribution in [0, 0.1) is 10.1 Å². The Hall–Kier alpha value is -3.27. The number of hydrogen-bond donors (Lipinski definition) is 1. The number of hydrogen-bond acceptors (Lipinski definition) is 8. The lowest BCUT2D eigenvalue weighted by atomic mass is 10.3. The normalized spacial score (nSPS) is 12.3. The quantitative estimate of drug-likeness (QED) is 0.412. The molecule has 0 atom stereocenters. The number of anilines is 1. The van der Waals surface area contributed by atoms with Crippen molar-refractivity contribution in [1.82, 2.24) is 4.98 Å². The lowest BCUT2D eigenvalue weighted by molar-refractivity contribution is -0.384. The monoisotopic (exact) mass is 373 g/mol. The van der Waals surface area contributed by atoms with Crippen molar-refractivity contribution in [1.29, 1.82) is 0 Å². The summed E-state index contributed by atoms with van der Waals surface area (Å²) in [5.41, 5.74) is 1.32. The fourth-order valence-electron chi connectivity index (χ4n) is 2.37. The number of fused-ring (bicyclic) bond motifs is 2. The SMILES string of the molecule is O=C(CSc1nc2cc([N+](=O)[O-])ccc2o1)Nc1ccc2c(c1)OCO2. The summed E-state index contributed by atoms with van der Waals surface area (Å²) in [7, 11) is 0. The van der Waals surface area contributed by atoms with Gasteiger partial charge in [-0.05, 0) is 18.2 Å². The van der Waals surface area contributed by atoms with Crippen molar-refractivity contribution in [3.05, 3.63) is 46.5 Å². The van der Waals surface area contributed by atoms with E-state index in [0.717, 1.165) is 11.8 Å². The van der Waals surface area contributed by atoms with Crippen LogP contribution in [0.25, 0.3) is 11.1 Å². The Kier molecular flexibility index (Phi) is 4.09. The largest absolute Gasteiger partial charge is 0.454 e. The van der Waals surface area contributed by atoms with Crippen molar-refractivity contribution in [3.63, 3.8) is 0 Å². The van der Waals surface area contributed by atoms with Crippen LogP contribution in [0.4, 0.5) is 11.4 Å². The van der Waals surface area contributed by atoms with Crippen LogP contribution in [-0.4, -0.2) is 28.4 Å². The number of nitrogens with zero attached hydrogens (tertiary/aromatic N) is 2. The number of carbonyl (C=O) groups is 1. The van der Waals surface area contributed by atoms with Gasteiger partial charge in [0.05, 0.1) is 10.7 Å². The molecule has 0 bridgehead atoms. The van der Waals surface area contributed by atoms with Gasteiger partial charge in [-0.25, -0.2) is 4.98 Å². The Bertz CT molecular complexity index is 1020. The van der Waals surface area contributed by atoms with E-state index in [1.54, 1.807) is 18.2 Å². The molecule has 1 aliphatic heterocycles. The molecule has 26 heavy (non-hydrogen) atoms. The maximum Gasteiger partial charge on any atom is 0.271 e. The maximum atomic E-state index is 12.1. The number of thioether (sulfide) groups is 1. The zero-order valence-electron chi connectivity index (χ0n) is 13.1. The third kappa shape index (κ3) is 3.26. The number of nitrogens with one attached hydrogen (secondary N) is 1. The summed E-state index contributed by atoms with van der Waals surface area (Å²) < 4.78 is 15.9. The molecular formula is C16H11N3O6S. The van der Waals surface area contributed by atoms with Crippen molar-refractivity contribution >= 4 is 40.1 Å². The van der Waals surface area contributed by atoms with Crippen molar-refractivity contribution in [2.24, 2.45) is 0 Å². The minimum absolute atomic E-state index is 0.0668. The molecule has 9 nitrogen and oxygen atoms in total. The first-order valence-electron chi connectivity index (χ1n) is 7.46. The summed E-state index contributed by atoms with van der Waals surface area (Å²) in [6.45, 7) is 0.165. The van der Waals surface area contributed by atoms with Gasteiger partial charge >= 0.3 is 0 Å². The number of non-ortho nitro benzene ring substituents is 1. The van der Waals surface area contributed by atoms with E-state index in [9.17, 15) is 14.9 Å². The van der Waals surface area contributed by atoms with Crippen LogP contribution in [0.2, 0.25) is 0 Å². The van der Waals surface area contributed by atoms with E-state index in [1.165, 1.54) is 18.2 Å². The number of aromatic nitrogens is 1. The summed E-state index contributed by atoms with van der Waals surface area (Å²) in [6, 6.07) is 9.28. The van der Waals surface area contributed by atoms with Crippen LogP contribution >= 0.6 is 11.8 Å². The second-order valence-corrected chi connectivity index (χ2v) is 6.22. The van der Waals surface area contributed by atoms with E-state index in [0.29, 0.717) is 28.3 Å². The molecule has 1 aliphatic rings. The van der Waals surface area contributed by atoms with Crippen LogP contribution in [0.15, 0.2) is 46.0 Å². The Balaban J connectivity index is 1.39. The van der Waals surface area contributed by atoms with Gasteiger partial charge in [0, 0.05) is 23.9 Å². The molecule has 0 spiro atoms. The highest BCUT2D eigenvalue weighted by molar-refractivity contribution is 7.99. The summed E-state index contributed by atoms with van der Waals surface area (Å²) in [6.07, 6.45) is 0. The summed E-state index contributed by atoms with van der Waals surface area (Å²) in [5.74, 6) is 1.04. The zero-order valence-corrected chi connectivity index (χ0v) is 13.9. The molecule has 0 radical (unpaired) electrons. The highest BCUT2D eigenvalue weighted by Gasteiger charge is 2.16. The number of benzene rings is 2. The molecule has 1 N–H and O–H groups in total. The van der Waals surface area contributed by atoms with E-state index in [1.807, 2.05) is 0 Å². The smallest absolute Gasteiger partial charge is 0.271 e. The van der Waals surface area contributed by atoms with E-state index in [2.05, 4.69) is 10.3 Å². The van der Waals surface area contributed by atoms with Crippen LogP contribution in [0.5, 0.6) is 11.5 Å². The molecule has 0 saturated heterocycles. The zero-order chi connectivity index (χ0) is 18.1. The van der Waals surface area contributed by atoms with E-state index in [-0.39, 0.29) is 29.4 Å². The number of carbonyl (C=O) groups excluding carboxylic acids is 1. The Morgan fingerprint density at radius 3 is 2.92 bits per heavy atom. The molecule has 0 saturated carbocycles. The second kappa shape index (κ2) is 6.56. The minimum atomic E-state index is -0.500. The number of oxazole rings is 1. The topological polar surface area (TPSA) is 117 Å². The number of rotatable bonds is 5. The molecule has 0 fully saturated rings. The first-order chi connectivity index (χ1) is 12.6. The molecule has 2 heterocycles. The van der Waals surface area contributed by atoms with Crippen molar-refractivity contribution in [2.75, 3.05) is 17.9 Å². The minimum Gasteiger partial charge on any atom is -0.454 e. The van der Waals surface area contributed by atoms with Crippen molar-refractivity contribution in [3.8, 4) is 11.5 Å². The Labute approximate surface area is 150 Å². The Morgan fingerprint density at radius 2 is 2.08 bits per heavy atom. The molecule has 3 aromatic rings. The fourth-order valence-corrected chi connectivity index (χ4v) is 3.01. The predicted molar refractivity (Wildman–Crippen MR) is 92.6 cm³/mol. The first kappa shape index (κ1) is 16.2. The van der Waals surface area contributed by atoms with Gasteiger partial charge in [0.25, 0.3) is 10.9 Å². The van der Waals surface area contributed by atoms with Crippen LogP contribution in [0.1, 0.15) is 0 Å². The van der Waals surface area contributed by atoms with Gasteiger partial charge < -0.3 is 19.2 Å². The van der Waals surface area contributed by atoms with Gasteiger partial charge in [0.15, 0.2) is 17.1 Å². The highest BCUT2D eigenvalue weighted by atomic mass is 32.2.